The molecule has 2 N–H and O–H groups in total. The quantitative estimate of drug-likeness (QED) is 0.902. The number of nitrogens with zero attached hydrogens (tertiary/aromatic N) is 1. The third-order valence-electron chi connectivity index (χ3n) is 3.86. The Labute approximate surface area is 133 Å². The van der Waals surface area contributed by atoms with Gasteiger partial charge in [-0.3, -0.25) is 9.59 Å². The summed E-state index contributed by atoms with van der Waals surface area (Å²) >= 11 is 0. The minimum atomic E-state index is -0.440. The van der Waals surface area contributed by atoms with Crippen LogP contribution in [0, 0.1) is 6.92 Å². The fraction of sp³-hybridized carbons (Fsp3) is 0.353. The summed E-state index contributed by atoms with van der Waals surface area (Å²) in [6.07, 6.45) is 3.09. The van der Waals surface area contributed by atoms with E-state index in [0.717, 1.165) is 30.6 Å². The average Bonchev–Trinajstić information content (AvgIpc) is 2.56. The third kappa shape index (κ3) is 3.65. The number of nitrogens with one attached hydrogen (secondary N) is 2. The van der Waals surface area contributed by atoms with Crippen LogP contribution in [0.4, 0.5) is 0 Å². The van der Waals surface area contributed by atoms with Crippen molar-refractivity contribution in [3.8, 4) is 11.4 Å². The minimum absolute atomic E-state index is 0.0198. The highest BCUT2D eigenvalue weighted by molar-refractivity contribution is 5.93. The lowest BCUT2D eigenvalue weighted by Crippen LogP contribution is -2.42. The number of ether oxygens (including phenoxy) is 1. The first-order valence-electron chi connectivity index (χ1n) is 7.68. The molecule has 1 saturated heterocycles. The molecule has 0 bridgehead atoms. The molecule has 1 fully saturated rings. The van der Waals surface area contributed by atoms with Gasteiger partial charge in [0.2, 0.25) is 0 Å². The molecule has 3 rings (SSSR count). The van der Waals surface area contributed by atoms with E-state index in [4.69, 9.17) is 4.74 Å². The molecule has 1 aliphatic heterocycles. The molecule has 2 aromatic rings. The van der Waals surface area contributed by atoms with Crippen molar-refractivity contribution in [1.29, 1.82) is 0 Å². The lowest BCUT2D eigenvalue weighted by molar-refractivity contribution is 0.0623. The number of aryl methyl sites for hydroxylation is 1. The van der Waals surface area contributed by atoms with Gasteiger partial charge >= 0.3 is 0 Å². The molecule has 0 radical (unpaired) electrons. The van der Waals surface area contributed by atoms with Gasteiger partial charge in [0.05, 0.1) is 12.6 Å². The number of aromatic nitrogens is 2. The van der Waals surface area contributed by atoms with Crippen LogP contribution in [-0.4, -0.2) is 35.1 Å². The van der Waals surface area contributed by atoms with Crippen LogP contribution in [-0.2, 0) is 4.74 Å². The molecule has 2 heterocycles. The molecule has 0 unspecified atom stereocenters. The zero-order valence-electron chi connectivity index (χ0n) is 13.0. The van der Waals surface area contributed by atoms with Crippen LogP contribution in [0.1, 0.15) is 28.8 Å². The van der Waals surface area contributed by atoms with E-state index in [-0.39, 0.29) is 11.6 Å². The monoisotopic (exact) mass is 313 g/mol. The Morgan fingerprint density at radius 1 is 1.35 bits per heavy atom. The van der Waals surface area contributed by atoms with Crippen molar-refractivity contribution in [3.63, 3.8) is 0 Å². The normalized spacial score (nSPS) is 17.7. The topological polar surface area (TPSA) is 84.1 Å². The second kappa shape index (κ2) is 6.75. The lowest BCUT2D eigenvalue weighted by Gasteiger charge is -2.22. The second-order valence-electron chi connectivity index (χ2n) is 5.73. The molecule has 1 aromatic carbocycles. The molecular weight excluding hydrogens is 294 g/mol. The van der Waals surface area contributed by atoms with Crippen molar-refractivity contribution in [2.75, 3.05) is 13.2 Å². The Morgan fingerprint density at radius 3 is 2.78 bits per heavy atom. The van der Waals surface area contributed by atoms with E-state index in [0.29, 0.717) is 12.4 Å². The summed E-state index contributed by atoms with van der Waals surface area (Å²) in [6.45, 7) is 3.20. The Balaban J connectivity index is 1.77. The van der Waals surface area contributed by atoms with Gasteiger partial charge in [0, 0.05) is 18.4 Å². The summed E-state index contributed by atoms with van der Waals surface area (Å²) < 4.78 is 5.32. The summed E-state index contributed by atoms with van der Waals surface area (Å²) in [5.41, 5.74) is 1.51. The maximum atomic E-state index is 12.2. The Kier molecular flexibility index (Phi) is 4.52. The van der Waals surface area contributed by atoms with Crippen LogP contribution in [0.3, 0.4) is 0 Å². The minimum Gasteiger partial charge on any atom is -0.379 e. The first-order chi connectivity index (χ1) is 11.1. The van der Waals surface area contributed by atoms with Gasteiger partial charge in [-0.05, 0) is 19.8 Å². The predicted octanol–water partition coefficient (Wildman–Crippen LogP) is 1.65. The van der Waals surface area contributed by atoms with Gasteiger partial charge < -0.3 is 15.0 Å². The zero-order valence-corrected chi connectivity index (χ0v) is 13.0. The summed E-state index contributed by atoms with van der Waals surface area (Å²) in [6, 6.07) is 7.60. The zero-order chi connectivity index (χ0) is 16.2. The highest BCUT2D eigenvalue weighted by atomic mass is 16.5. The van der Waals surface area contributed by atoms with E-state index < -0.39 is 11.5 Å². The maximum absolute atomic E-state index is 12.2. The number of benzene rings is 1. The van der Waals surface area contributed by atoms with Gasteiger partial charge in [0.25, 0.3) is 11.5 Å². The van der Waals surface area contributed by atoms with Crippen molar-refractivity contribution >= 4 is 5.91 Å². The molecule has 0 spiro atoms. The smallest absolute Gasteiger partial charge is 0.264 e. The number of carbonyl (C=O) groups is 1. The standard InChI is InChI=1S/C17H19N3O3/c1-11-4-6-12(7-5-11)15-18-9-14(17(22)20-15)16(21)19-13-3-2-8-23-10-13/h4-7,9,13H,2-3,8,10H2,1H3,(H,19,21)(H,18,20,22)/t13-/m0/s1. The first-order valence-corrected chi connectivity index (χ1v) is 7.68. The number of carbonyl (C=O) groups excluding carboxylic acids is 1. The van der Waals surface area contributed by atoms with Gasteiger partial charge in [0.15, 0.2) is 0 Å². The van der Waals surface area contributed by atoms with Crippen molar-refractivity contribution in [2.45, 2.75) is 25.8 Å². The van der Waals surface area contributed by atoms with E-state index in [1.165, 1.54) is 6.20 Å². The van der Waals surface area contributed by atoms with Crippen LogP contribution in [0.25, 0.3) is 11.4 Å². The molecule has 1 amide bonds. The average molecular weight is 313 g/mol. The van der Waals surface area contributed by atoms with Gasteiger partial charge in [-0.2, -0.15) is 0 Å². The second-order valence-corrected chi connectivity index (χ2v) is 5.73. The first kappa shape index (κ1) is 15.4. The number of rotatable bonds is 3. The van der Waals surface area contributed by atoms with Crippen LogP contribution in [0.15, 0.2) is 35.3 Å². The van der Waals surface area contributed by atoms with Crippen molar-refractivity contribution in [2.24, 2.45) is 0 Å². The lowest BCUT2D eigenvalue weighted by atomic mass is 10.1. The fourth-order valence-electron chi connectivity index (χ4n) is 2.53. The van der Waals surface area contributed by atoms with Crippen molar-refractivity contribution in [3.05, 3.63) is 51.9 Å². The third-order valence-corrected chi connectivity index (χ3v) is 3.86. The highest BCUT2D eigenvalue weighted by Crippen LogP contribution is 2.14. The van der Waals surface area contributed by atoms with Gasteiger partial charge in [-0.25, -0.2) is 4.98 Å². The van der Waals surface area contributed by atoms with E-state index in [1.807, 2.05) is 31.2 Å². The predicted molar refractivity (Wildman–Crippen MR) is 86.3 cm³/mol. The number of hydrogen-bond acceptors (Lipinski definition) is 4. The molecule has 6 nitrogen and oxygen atoms in total. The van der Waals surface area contributed by atoms with Gasteiger partial charge in [-0.1, -0.05) is 29.8 Å². The molecule has 6 heteroatoms. The SMILES string of the molecule is Cc1ccc(-c2ncc(C(=O)N[C@H]3CCCOC3)c(=O)[nH]2)cc1. The van der Waals surface area contributed by atoms with Gasteiger partial charge in [0.1, 0.15) is 11.4 Å². The molecule has 0 aliphatic carbocycles. The van der Waals surface area contributed by atoms with Crippen LogP contribution >= 0.6 is 0 Å². The largest absolute Gasteiger partial charge is 0.379 e. The van der Waals surface area contributed by atoms with Gasteiger partial charge in [-0.15, -0.1) is 0 Å². The molecule has 1 atom stereocenters. The molecular formula is C17H19N3O3. The van der Waals surface area contributed by atoms with E-state index >= 15 is 0 Å². The van der Waals surface area contributed by atoms with E-state index in [9.17, 15) is 9.59 Å². The highest BCUT2D eigenvalue weighted by Gasteiger charge is 2.19. The Hall–Kier alpha value is -2.47. The van der Waals surface area contributed by atoms with Crippen LogP contribution in [0.2, 0.25) is 0 Å². The number of hydrogen-bond donors (Lipinski definition) is 2. The molecule has 1 aliphatic rings. The fourth-order valence-corrected chi connectivity index (χ4v) is 2.53. The Morgan fingerprint density at radius 2 is 2.13 bits per heavy atom. The summed E-state index contributed by atoms with van der Waals surface area (Å²) in [4.78, 5) is 31.3. The maximum Gasteiger partial charge on any atom is 0.264 e. The van der Waals surface area contributed by atoms with Crippen molar-refractivity contribution in [1.82, 2.24) is 15.3 Å². The van der Waals surface area contributed by atoms with E-state index in [2.05, 4.69) is 15.3 Å². The Bertz CT molecular complexity index is 746. The van der Waals surface area contributed by atoms with Crippen molar-refractivity contribution < 1.29 is 9.53 Å². The molecule has 23 heavy (non-hydrogen) atoms. The molecule has 0 saturated carbocycles. The summed E-state index contributed by atoms with van der Waals surface area (Å²) in [5.74, 6) is 0.0391. The molecule has 120 valence electrons. The van der Waals surface area contributed by atoms with E-state index in [1.54, 1.807) is 0 Å². The molecule has 1 aromatic heterocycles. The summed E-state index contributed by atoms with van der Waals surface area (Å²) in [7, 11) is 0. The van der Waals surface area contributed by atoms with Crippen LogP contribution < -0.4 is 10.9 Å². The number of aromatic amines is 1. The summed E-state index contributed by atoms with van der Waals surface area (Å²) in [5, 5.41) is 2.82. The number of H-pyrrole nitrogens is 1. The van der Waals surface area contributed by atoms with Crippen LogP contribution in [0.5, 0.6) is 0 Å². The number of amides is 1.